The van der Waals surface area contributed by atoms with Gasteiger partial charge in [0, 0.05) is 6.42 Å². The van der Waals surface area contributed by atoms with Crippen molar-refractivity contribution < 1.29 is 15.1 Å². The highest BCUT2D eigenvalue weighted by Gasteiger charge is 2.11. The normalized spacial score (nSPS) is 11.4. The molecule has 1 rings (SSSR count). The summed E-state index contributed by atoms with van der Waals surface area (Å²) in [5.74, 6) is -1.20. The van der Waals surface area contributed by atoms with Gasteiger partial charge >= 0.3 is 5.97 Å². The van der Waals surface area contributed by atoms with Gasteiger partial charge < -0.3 is 10.3 Å². The largest absolute Gasteiger partial charge is 0.477 e. The monoisotopic (exact) mass is 193 g/mol. The molecule has 0 radical (unpaired) electrons. The predicted molar refractivity (Wildman–Crippen MR) is 51.7 cm³/mol. The Labute approximate surface area is 81.5 Å². The van der Waals surface area contributed by atoms with Gasteiger partial charge in [-0.25, -0.2) is 4.79 Å². The molecule has 1 aromatic rings. The molecule has 0 aliphatic rings. The van der Waals surface area contributed by atoms with E-state index in [-0.39, 0.29) is 12.1 Å². The second-order valence-electron chi connectivity index (χ2n) is 2.96. The van der Waals surface area contributed by atoms with Crippen LogP contribution >= 0.6 is 0 Å². The summed E-state index contributed by atoms with van der Waals surface area (Å²) in [5.41, 5.74) is 1.58. The maximum Gasteiger partial charge on any atom is 0.354 e. The Morgan fingerprint density at radius 1 is 1.43 bits per heavy atom. The molecule has 0 bridgehead atoms. The Hall–Kier alpha value is -1.84. The number of rotatable bonds is 3. The highest BCUT2D eigenvalue weighted by molar-refractivity contribution is 6.35. The summed E-state index contributed by atoms with van der Waals surface area (Å²) in [5, 5.41) is 19.8. The molecule has 0 saturated carbocycles. The zero-order valence-electron chi connectivity index (χ0n) is 7.77. The van der Waals surface area contributed by atoms with Gasteiger partial charge in [-0.05, 0) is 18.1 Å². The molecule has 2 N–H and O–H groups in total. The van der Waals surface area contributed by atoms with Gasteiger partial charge in [0.05, 0.1) is 0 Å². The van der Waals surface area contributed by atoms with Crippen LogP contribution in [0.4, 0.5) is 0 Å². The molecule has 4 heteroatoms. The molecule has 0 spiro atoms. The van der Waals surface area contributed by atoms with Crippen LogP contribution in [0.25, 0.3) is 0 Å². The van der Waals surface area contributed by atoms with Crippen LogP contribution in [0.2, 0.25) is 0 Å². The van der Waals surface area contributed by atoms with E-state index in [0.29, 0.717) is 0 Å². The molecule has 0 saturated heterocycles. The lowest BCUT2D eigenvalue weighted by atomic mass is 10.0. The van der Waals surface area contributed by atoms with Crippen LogP contribution in [0.15, 0.2) is 29.4 Å². The van der Waals surface area contributed by atoms with Crippen LogP contribution in [0.5, 0.6) is 0 Å². The Morgan fingerprint density at radius 3 is 2.57 bits per heavy atom. The molecule has 74 valence electrons. The zero-order chi connectivity index (χ0) is 10.6. The molecule has 0 aliphatic heterocycles. The van der Waals surface area contributed by atoms with Gasteiger partial charge in [0.2, 0.25) is 0 Å². The fourth-order valence-electron chi connectivity index (χ4n) is 1.14. The number of hydrogen-bond acceptors (Lipinski definition) is 3. The van der Waals surface area contributed by atoms with Crippen molar-refractivity contribution in [3.63, 3.8) is 0 Å². The van der Waals surface area contributed by atoms with Crippen molar-refractivity contribution in [2.75, 3.05) is 0 Å². The Kier molecular flexibility index (Phi) is 3.23. The van der Waals surface area contributed by atoms with Crippen LogP contribution in [-0.2, 0) is 11.2 Å². The fraction of sp³-hybridized carbons (Fsp3) is 0.200. The number of benzene rings is 1. The SMILES string of the molecule is Cc1ccccc1C/C(=N/O)C(=O)O. The van der Waals surface area contributed by atoms with Gasteiger partial charge in [-0.2, -0.15) is 0 Å². The standard InChI is InChI=1S/C10H11NO3/c1-7-4-2-3-5-8(7)6-9(11-14)10(12)13/h2-5,14H,6H2,1H3,(H,12,13)/b11-9-. The van der Waals surface area contributed by atoms with Gasteiger partial charge in [-0.1, -0.05) is 29.4 Å². The van der Waals surface area contributed by atoms with Crippen molar-refractivity contribution in [2.45, 2.75) is 13.3 Å². The number of oxime groups is 1. The van der Waals surface area contributed by atoms with E-state index in [4.69, 9.17) is 10.3 Å². The molecule has 0 aliphatic carbocycles. The van der Waals surface area contributed by atoms with E-state index in [2.05, 4.69) is 5.16 Å². The average molecular weight is 193 g/mol. The van der Waals surface area contributed by atoms with Crippen molar-refractivity contribution in [3.05, 3.63) is 35.4 Å². The fourth-order valence-corrected chi connectivity index (χ4v) is 1.14. The first-order valence-corrected chi connectivity index (χ1v) is 4.14. The van der Waals surface area contributed by atoms with E-state index in [1.54, 1.807) is 0 Å². The molecule has 0 unspecified atom stereocenters. The summed E-state index contributed by atoms with van der Waals surface area (Å²) in [6, 6.07) is 7.38. The quantitative estimate of drug-likeness (QED) is 0.433. The van der Waals surface area contributed by atoms with Crippen LogP contribution in [0.1, 0.15) is 11.1 Å². The van der Waals surface area contributed by atoms with Crippen molar-refractivity contribution >= 4 is 11.7 Å². The van der Waals surface area contributed by atoms with E-state index in [9.17, 15) is 4.79 Å². The zero-order valence-corrected chi connectivity index (χ0v) is 7.77. The molecule has 0 atom stereocenters. The number of nitrogens with zero attached hydrogens (tertiary/aromatic N) is 1. The third-order valence-electron chi connectivity index (χ3n) is 1.99. The highest BCUT2D eigenvalue weighted by Crippen LogP contribution is 2.08. The smallest absolute Gasteiger partial charge is 0.354 e. The van der Waals surface area contributed by atoms with Crippen LogP contribution in [0, 0.1) is 6.92 Å². The van der Waals surface area contributed by atoms with Crippen LogP contribution < -0.4 is 0 Å². The number of aliphatic carboxylic acids is 1. The van der Waals surface area contributed by atoms with E-state index in [1.165, 1.54) is 0 Å². The van der Waals surface area contributed by atoms with Gasteiger partial charge in [0.15, 0.2) is 5.71 Å². The summed E-state index contributed by atoms with van der Waals surface area (Å²) in [6.07, 6.45) is 0.137. The minimum absolute atomic E-state index is 0.137. The number of carbonyl (C=O) groups is 1. The average Bonchev–Trinajstić information content (AvgIpc) is 2.16. The van der Waals surface area contributed by atoms with Crippen molar-refractivity contribution in [1.82, 2.24) is 0 Å². The lowest BCUT2D eigenvalue weighted by Gasteiger charge is -2.03. The molecule has 0 fully saturated rings. The Morgan fingerprint density at radius 2 is 2.07 bits per heavy atom. The lowest BCUT2D eigenvalue weighted by molar-refractivity contribution is -0.129. The molecule has 0 amide bonds. The molecule has 0 heterocycles. The number of carboxylic acid groups (broad SMARTS) is 1. The number of aryl methyl sites for hydroxylation is 1. The predicted octanol–water partition coefficient (Wildman–Crippen LogP) is 1.45. The topological polar surface area (TPSA) is 69.9 Å². The Bertz CT molecular complexity index is 371. The first-order valence-electron chi connectivity index (χ1n) is 4.14. The Balaban J connectivity index is 2.88. The molecule has 0 aromatic heterocycles. The maximum atomic E-state index is 10.6. The molecular weight excluding hydrogens is 182 g/mol. The summed E-state index contributed by atoms with van der Waals surface area (Å²) >= 11 is 0. The minimum atomic E-state index is -1.20. The van der Waals surface area contributed by atoms with Gasteiger partial charge in [0.1, 0.15) is 0 Å². The third kappa shape index (κ3) is 2.32. The third-order valence-corrected chi connectivity index (χ3v) is 1.99. The van der Waals surface area contributed by atoms with E-state index in [1.807, 2.05) is 31.2 Å². The van der Waals surface area contributed by atoms with Crippen molar-refractivity contribution in [3.8, 4) is 0 Å². The summed E-state index contributed by atoms with van der Waals surface area (Å²) in [7, 11) is 0. The summed E-state index contributed by atoms with van der Waals surface area (Å²) < 4.78 is 0. The van der Waals surface area contributed by atoms with Crippen LogP contribution in [-0.4, -0.2) is 22.0 Å². The maximum absolute atomic E-state index is 10.6. The molecule has 1 aromatic carbocycles. The van der Waals surface area contributed by atoms with E-state index in [0.717, 1.165) is 11.1 Å². The summed E-state index contributed by atoms with van der Waals surface area (Å²) in [6.45, 7) is 1.88. The number of carboxylic acids is 1. The van der Waals surface area contributed by atoms with Crippen molar-refractivity contribution in [1.29, 1.82) is 0 Å². The van der Waals surface area contributed by atoms with E-state index >= 15 is 0 Å². The first-order chi connectivity index (χ1) is 6.65. The first kappa shape index (κ1) is 10.2. The lowest BCUT2D eigenvalue weighted by Crippen LogP contribution is -2.16. The molecule has 4 nitrogen and oxygen atoms in total. The second-order valence-corrected chi connectivity index (χ2v) is 2.96. The van der Waals surface area contributed by atoms with Gasteiger partial charge in [-0.3, -0.25) is 0 Å². The minimum Gasteiger partial charge on any atom is -0.477 e. The number of hydrogen-bond donors (Lipinski definition) is 2. The summed E-state index contributed by atoms with van der Waals surface area (Å²) in [4.78, 5) is 10.6. The van der Waals surface area contributed by atoms with Crippen LogP contribution in [0.3, 0.4) is 0 Å². The molecule has 14 heavy (non-hydrogen) atoms. The van der Waals surface area contributed by atoms with Gasteiger partial charge in [-0.15, -0.1) is 0 Å². The molecular formula is C10H11NO3. The van der Waals surface area contributed by atoms with Gasteiger partial charge in [0.25, 0.3) is 0 Å². The second kappa shape index (κ2) is 4.41. The van der Waals surface area contributed by atoms with E-state index < -0.39 is 5.97 Å². The highest BCUT2D eigenvalue weighted by atomic mass is 16.4. The van der Waals surface area contributed by atoms with Crippen molar-refractivity contribution in [2.24, 2.45) is 5.16 Å².